The van der Waals surface area contributed by atoms with Crippen LogP contribution in [0.1, 0.15) is 80.7 Å². The molecule has 0 saturated heterocycles. The van der Waals surface area contributed by atoms with Crippen LogP contribution < -0.4 is 0 Å². The molecular formula is C21H29NO3S. The van der Waals surface area contributed by atoms with Gasteiger partial charge in [-0.25, -0.2) is 9.78 Å². The highest BCUT2D eigenvalue weighted by molar-refractivity contribution is 7.09. The molecule has 0 atom stereocenters. The van der Waals surface area contributed by atoms with E-state index in [1.165, 1.54) is 11.3 Å². The first-order chi connectivity index (χ1) is 11.9. The van der Waals surface area contributed by atoms with Gasteiger partial charge in [0.2, 0.25) is 0 Å². The second-order valence-corrected chi connectivity index (χ2v) is 9.51. The number of thiazole rings is 1. The fourth-order valence-electron chi connectivity index (χ4n) is 2.81. The Morgan fingerprint density at radius 3 is 2.12 bits per heavy atom. The zero-order valence-corrected chi connectivity index (χ0v) is 17.6. The Labute approximate surface area is 160 Å². The molecule has 1 N–H and O–H groups in total. The van der Waals surface area contributed by atoms with Crippen molar-refractivity contribution < 1.29 is 14.6 Å². The molecule has 0 aliphatic carbocycles. The molecule has 0 aliphatic rings. The molecule has 0 amide bonds. The Balaban J connectivity index is 2.42. The van der Waals surface area contributed by atoms with Crippen molar-refractivity contribution in [1.82, 2.24) is 4.98 Å². The van der Waals surface area contributed by atoms with Crippen molar-refractivity contribution in [2.45, 2.75) is 65.7 Å². The summed E-state index contributed by atoms with van der Waals surface area (Å²) in [6, 6.07) is 4.10. The van der Waals surface area contributed by atoms with Crippen LogP contribution in [-0.2, 0) is 22.0 Å². The number of nitrogens with zero attached hydrogens (tertiary/aromatic N) is 1. The molecule has 26 heavy (non-hydrogen) atoms. The minimum absolute atomic E-state index is 0.168. The standard InChI is InChI=1S/C21H29NO3S/c1-8-25-19(24)16-12-26-17(22-16)11-13-9-14(20(2,3)4)18(23)15(10-13)21(5,6)7/h9-10,12,23H,8,11H2,1-7H3. The molecule has 0 bridgehead atoms. The average molecular weight is 376 g/mol. The van der Waals surface area contributed by atoms with E-state index in [0.29, 0.717) is 24.5 Å². The molecular weight excluding hydrogens is 346 g/mol. The van der Waals surface area contributed by atoms with Crippen LogP contribution in [0, 0.1) is 0 Å². The third-order valence-corrected chi connectivity index (χ3v) is 5.03. The van der Waals surface area contributed by atoms with Crippen LogP contribution in [-0.4, -0.2) is 22.7 Å². The first kappa shape index (κ1) is 20.4. The molecule has 2 aromatic rings. The van der Waals surface area contributed by atoms with Gasteiger partial charge >= 0.3 is 5.97 Å². The molecule has 1 aromatic carbocycles. The smallest absolute Gasteiger partial charge is 0.357 e. The van der Waals surface area contributed by atoms with Crippen LogP contribution in [0.4, 0.5) is 0 Å². The van der Waals surface area contributed by atoms with Gasteiger partial charge in [-0.2, -0.15) is 0 Å². The minimum atomic E-state index is -0.383. The van der Waals surface area contributed by atoms with Crippen LogP contribution in [0.5, 0.6) is 5.75 Å². The van der Waals surface area contributed by atoms with Gasteiger partial charge in [0.15, 0.2) is 5.69 Å². The third kappa shape index (κ3) is 4.64. The van der Waals surface area contributed by atoms with E-state index in [9.17, 15) is 9.90 Å². The van der Waals surface area contributed by atoms with Crippen molar-refractivity contribution in [2.75, 3.05) is 6.61 Å². The maximum absolute atomic E-state index is 11.8. The molecule has 4 nitrogen and oxygen atoms in total. The Bertz CT molecular complexity index is 759. The lowest BCUT2D eigenvalue weighted by Crippen LogP contribution is -2.18. The normalized spacial score (nSPS) is 12.3. The summed E-state index contributed by atoms with van der Waals surface area (Å²) >= 11 is 1.46. The van der Waals surface area contributed by atoms with E-state index in [2.05, 4.69) is 58.7 Å². The first-order valence-corrected chi connectivity index (χ1v) is 9.79. The number of esters is 1. The molecule has 0 radical (unpaired) electrons. The van der Waals surface area contributed by atoms with Gasteiger partial charge < -0.3 is 9.84 Å². The molecule has 1 heterocycles. The van der Waals surface area contributed by atoms with Gasteiger partial charge in [-0.3, -0.25) is 0 Å². The van der Waals surface area contributed by atoms with Crippen LogP contribution in [0.15, 0.2) is 17.5 Å². The average Bonchev–Trinajstić information content (AvgIpc) is 2.95. The fourth-order valence-corrected chi connectivity index (χ4v) is 3.60. The number of phenols is 1. The number of hydrogen-bond acceptors (Lipinski definition) is 5. The van der Waals surface area contributed by atoms with Gasteiger partial charge in [0.1, 0.15) is 5.75 Å². The summed E-state index contributed by atoms with van der Waals surface area (Å²) in [4.78, 5) is 16.2. The van der Waals surface area contributed by atoms with Crippen LogP contribution in [0.3, 0.4) is 0 Å². The van der Waals surface area contributed by atoms with Crippen LogP contribution in [0.25, 0.3) is 0 Å². The number of benzene rings is 1. The maximum atomic E-state index is 11.8. The summed E-state index contributed by atoms with van der Waals surface area (Å²) in [6.07, 6.45) is 0.622. The van der Waals surface area contributed by atoms with E-state index >= 15 is 0 Å². The number of phenolic OH excluding ortho intramolecular Hbond substituents is 1. The summed E-state index contributed by atoms with van der Waals surface area (Å²) < 4.78 is 5.01. The number of hydrogen-bond donors (Lipinski definition) is 1. The minimum Gasteiger partial charge on any atom is -0.507 e. The van der Waals surface area contributed by atoms with E-state index in [0.717, 1.165) is 21.7 Å². The highest BCUT2D eigenvalue weighted by atomic mass is 32.1. The Kier molecular flexibility index (Phi) is 5.81. The number of rotatable bonds is 4. The molecule has 1 aromatic heterocycles. The molecule has 142 valence electrons. The Morgan fingerprint density at radius 1 is 1.12 bits per heavy atom. The number of ether oxygens (including phenoxy) is 1. The van der Waals surface area contributed by atoms with Crippen LogP contribution in [0.2, 0.25) is 0 Å². The number of aromatic hydroxyl groups is 1. The van der Waals surface area contributed by atoms with Crippen LogP contribution >= 0.6 is 11.3 Å². The second kappa shape index (κ2) is 7.39. The number of carbonyl (C=O) groups is 1. The van der Waals surface area contributed by atoms with Crippen molar-refractivity contribution >= 4 is 17.3 Å². The third-order valence-electron chi connectivity index (χ3n) is 4.18. The molecule has 0 unspecified atom stereocenters. The van der Waals surface area contributed by atoms with Gasteiger partial charge in [-0.15, -0.1) is 11.3 Å². The van der Waals surface area contributed by atoms with Gasteiger partial charge in [-0.1, -0.05) is 53.7 Å². The van der Waals surface area contributed by atoms with E-state index in [4.69, 9.17) is 4.74 Å². The predicted octanol–water partition coefficient (Wildman–Crippen LogP) is 5.21. The van der Waals surface area contributed by atoms with Crippen molar-refractivity contribution in [3.8, 4) is 5.75 Å². The van der Waals surface area contributed by atoms with E-state index in [-0.39, 0.29) is 16.8 Å². The van der Waals surface area contributed by atoms with E-state index in [1.807, 2.05) is 0 Å². The van der Waals surface area contributed by atoms with Crippen molar-refractivity contribution in [3.05, 3.63) is 44.9 Å². The van der Waals surface area contributed by atoms with Gasteiger partial charge in [-0.05, 0) is 34.4 Å². The van der Waals surface area contributed by atoms with E-state index in [1.54, 1.807) is 12.3 Å². The largest absolute Gasteiger partial charge is 0.507 e. The molecule has 0 fully saturated rings. The lowest BCUT2D eigenvalue weighted by atomic mass is 9.78. The molecule has 0 spiro atoms. The Hall–Kier alpha value is -1.88. The van der Waals surface area contributed by atoms with E-state index < -0.39 is 0 Å². The van der Waals surface area contributed by atoms with Gasteiger partial charge in [0.25, 0.3) is 0 Å². The van der Waals surface area contributed by atoms with Crippen molar-refractivity contribution in [3.63, 3.8) is 0 Å². The predicted molar refractivity (Wildman–Crippen MR) is 106 cm³/mol. The summed E-state index contributed by atoms with van der Waals surface area (Å²) in [5, 5.41) is 13.4. The second-order valence-electron chi connectivity index (χ2n) is 8.56. The fraction of sp³-hybridized carbons (Fsp3) is 0.524. The number of aromatic nitrogens is 1. The van der Waals surface area contributed by atoms with Gasteiger partial charge in [0, 0.05) is 11.8 Å². The highest BCUT2D eigenvalue weighted by Gasteiger charge is 2.26. The SMILES string of the molecule is CCOC(=O)c1csc(Cc2cc(C(C)(C)C)c(O)c(C(C)(C)C)c2)n1. The monoisotopic (exact) mass is 375 g/mol. The zero-order valence-electron chi connectivity index (χ0n) is 16.8. The molecule has 0 aliphatic heterocycles. The topological polar surface area (TPSA) is 59.4 Å². The summed E-state index contributed by atoms with van der Waals surface area (Å²) in [6.45, 7) is 14.7. The molecule has 0 saturated carbocycles. The quantitative estimate of drug-likeness (QED) is 0.745. The molecule has 5 heteroatoms. The maximum Gasteiger partial charge on any atom is 0.357 e. The van der Waals surface area contributed by atoms with Crippen molar-refractivity contribution in [2.24, 2.45) is 0 Å². The summed E-state index contributed by atoms with van der Waals surface area (Å²) in [5.74, 6) is -0.00781. The lowest BCUT2D eigenvalue weighted by molar-refractivity contribution is 0.0520. The van der Waals surface area contributed by atoms with Gasteiger partial charge in [0.05, 0.1) is 11.6 Å². The molecule has 2 rings (SSSR count). The summed E-state index contributed by atoms with van der Waals surface area (Å²) in [5.41, 5.74) is 2.97. The summed E-state index contributed by atoms with van der Waals surface area (Å²) in [7, 11) is 0. The zero-order chi connectivity index (χ0) is 19.7. The Morgan fingerprint density at radius 2 is 1.65 bits per heavy atom. The lowest BCUT2D eigenvalue weighted by Gasteiger charge is -2.28. The first-order valence-electron chi connectivity index (χ1n) is 8.92. The highest BCUT2D eigenvalue weighted by Crippen LogP contribution is 2.40. The van der Waals surface area contributed by atoms with Crippen molar-refractivity contribution in [1.29, 1.82) is 0 Å². The number of carbonyl (C=O) groups excluding carboxylic acids is 1.